The Labute approximate surface area is 142 Å². The number of benzene rings is 1. The predicted molar refractivity (Wildman–Crippen MR) is 90.8 cm³/mol. The quantitative estimate of drug-likeness (QED) is 0.762. The zero-order valence-corrected chi connectivity index (χ0v) is 14.7. The van der Waals surface area contributed by atoms with Gasteiger partial charge in [-0.05, 0) is 43.0 Å². The van der Waals surface area contributed by atoms with Gasteiger partial charge in [0.05, 0.1) is 4.90 Å². The number of primary amides is 1. The second-order valence-corrected chi connectivity index (χ2v) is 8.06. The van der Waals surface area contributed by atoms with Gasteiger partial charge in [-0.2, -0.15) is 4.72 Å². The van der Waals surface area contributed by atoms with Crippen molar-refractivity contribution in [3.05, 3.63) is 24.3 Å². The summed E-state index contributed by atoms with van der Waals surface area (Å²) in [6.07, 6.45) is 1.64. The van der Waals surface area contributed by atoms with Crippen LogP contribution >= 0.6 is 0 Å². The molecule has 0 aromatic heterocycles. The van der Waals surface area contributed by atoms with Crippen LogP contribution in [0.25, 0.3) is 0 Å². The first-order valence-corrected chi connectivity index (χ1v) is 9.41. The first-order valence-electron chi connectivity index (χ1n) is 7.93. The zero-order chi connectivity index (χ0) is 17.9. The molecule has 0 unspecified atom stereocenters. The lowest BCUT2D eigenvalue weighted by atomic mass is 10.0. The topological polar surface area (TPSA) is 110 Å². The third-order valence-electron chi connectivity index (χ3n) is 3.88. The maximum atomic E-state index is 12.4. The molecule has 2 rings (SSSR count). The molecule has 2 amide bonds. The summed E-state index contributed by atoms with van der Waals surface area (Å²) in [4.78, 5) is 24.9. The van der Waals surface area contributed by atoms with E-state index in [4.69, 9.17) is 5.73 Å². The summed E-state index contributed by atoms with van der Waals surface area (Å²) in [6, 6.07) is 5.10. The van der Waals surface area contributed by atoms with Gasteiger partial charge in [0.2, 0.25) is 21.8 Å². The molecule has 0 saturated carbocycles. The van der Waals surface area contributed by atoms with Crippen LogP contribution in [-0.4, -0.2) is 32.8 Å². The van der Waals surface area contributed by atoms with Gasteiger partial charge < -0.3 is 10.6 Å². The molecule has 8 heteroatoms. The van der Waals surface area contributed by atoms with Crippen LogP contribution in [0.2, 0.25) is 0 Å². The molecule has 1 aromatic rings. The van der Waals surface area contributed by atoms with Crippen LogP contribution in [0, 0.1) is 5.92 Å². The second-order valence-electron chi connectivity index (χ2n) is 6.35. The molecule has 24 heavy (non-hydrogen) atoms. The average Bonchev–Trinajstić information content (AvgIpc) is 2.92. The fourth-order valence-corrected chi connectivity index (χ4v) is 3.89. The Balaban J connectivity index is 2.16. The molecule has 0 aliphatic carbocycles. The Morgan fingerprint density at radius 3 is 2.38 bits per heavy atom. The summed E-state index contributed by atoms with van der Waals surface area (Å²) in [6.45, 7) is 4.40. The molecular weight excluding hydrogens is 330 g/mol. The van der Waals surface area contributed by atoms with Gasteiger partial charge in [-0.15, -0.1) is 0 Å². The smallest absolute Gasteiger partial charge is 0.241 e. The van der Waals surface area contributed by atoms with Gasteiger partial charge >= 0.3 is 0 Å². The number of sulfonamides is 1. The van der Waals surface area contributed by atoms with Gasteiger partial charge in [0.15, 0.2) is 0 Å². The van der Waals surface area contributed by atoms with Crippen molar-refractivity contribution in [3.63, 3.8) is 0 Å². The van der Waals surface area contributed by atoms with Crippen molar-refractivity contribution in [2.24, 2.45) is 11.7 Å². The maximum absolute atomic E-state index is 12.4. The van der Waals surface area contributed by atoms with Crippen molar-refractivity contribution in [3.8, 4) is 0 Å². The van der Waals surface area contributed by atoms with Gasteiger partial charge in [-0.1, -0.05) is 13.8 Å². The molecular formula is C16H23N3O4S. The second kappa shape index (κ2) is 7.31. The van der Waals surface area contributed by atoms with Crippen molar-refractivity contribution in [2.45, 2.75) is 44.0 Å². The van der Waals surface area contributed by atoms with Gasteiger partial charge in [0.1, 0.15) is 6.04 Å². The van der Waals surface area contributed by atoms with Crippen molar-refractivity contribution in [2.75, 3.05) is 11.4 Å². The van der Waals surface area contributed by atoms with Gasteiger partial charge in [-0.3, -0.25) is 9.59 Å². The van der Waals surface area contributed by atoms with Crippen molar-refractivity contribution in [1.82, 2.24) is 4.72 Å². The van der Waals surface area contributed by atoms with Crippen LogP contribution in [0.5, 0.6) is 0 Å². The molecule has 7 nitrogen and oxygen atoms in total. The normalized spacial score (nSPS) is 16.6. The SMILES string of the molecule is CC(C)C[C@H](NS(=O)(=O)c1ccc(N2CCCC2=O)cc1)C(N)=O. The van der Waals surface area contributed by atoms with Gasteiger partial charge in [0.25, 0.3) is 0 Å². The van der Waals surface area contributed by atoms with E-state index in [-0.39, 0.29) is 16.7 Å². The number of carbonyl (C=O) groups is 2. The van der Waals surface area contributed by atoms with Crippen LogP contribution in [0.4, 0.5) is 5.69 Å². The molecule has 0 bridgehead atoms. The van der Waals surface area contributed by atoms with E-state index < -0.39 is 22.0 Å². The fraction of sp³-hybridized carbons (Fsp3) is 0.500. The molecule has 1 aliphatic heterocycles. The van der Waals surface area contributed by atoms with E-state index >= 15 is 0 Å². The van der Waals surface area contributed by atoms with E-state index in [1.807, 2.05) is 13.8 Å². The van der Waals surface area contributed by atoms with E-state index in [0.717, 1.165) is 6.42 Å². The third kappa shape index (κ3) is 4.33. The molecule has 1 atom stereocenters. The summed E-state index contributed by atoms with van der Waals surface area (Å²) in [5, 5.41) is 0. The molecule has 3 N–H and O–H groups in total. The Morgan fingerprint density at radius 1 is 1.29 bits per heavy atom. The highest BCUT2D eigenvalue weighted by atomic mass is 32.2. The Kier molecular flexibility index (Phi) is 5.61. The Morgan fingerprint density at radius 2 is 1.92 bits per heavy atom. The third-order valence-corrected chi connectivity index (χ3v) is 5.37. The lowest BCUT2D eigenvalue weighted by molar-refractivity contribution is -0.120. The van der Waals surface area contributed by atoms with E-state index in [1.165, 1.54) is 12.1 Å². The minimum absolute atomic E-state index is 0.0351. The number of nitrogens with one attached hydrogen (secondary N) is 1. The summed E-state index contributed by atoms with van der Waals surface area (Å²) in [5.74, 6) is -0.547. The highest BCUT2D eigenvalue weighted by Crippen LogP contribution is 2.23. The molecule has 1 aliphatic rings. The van der Waals surface area contributed by atoms with Crippen LogP contribution in [0.1, 0.15) is 33.1 Å². The number of nitrogens with zero attached hydrogens (tertiary/aromatic N) is 1. The van der Waals surface area contributed by atoms with Crippen LogP contribution in [-0.2, 0) is 19.6 Å². The first-order chi connectivity index (χ1) is 11.2. The monoisotopic (exact) mass is 353 g/mol. The summed E-state index contributed by atoms with van der Waals surface area (Å²) < 4.78 is 27.2. The zero-order valence-electron chi connectivity index (χ0n) is 13.9. The summed E-state index contributed by atoms with van der Waals surface area (Å²) in [7, 11) is -3.86. The Hall–Kier alpha value is -1.93. The molecule has 1 saturated heterocycles. The minimum Gasteiger partial charge on any atom is -0.368 e. The largest absolute Gasteiger partial charge is 0.368 e. The number of carbonyl (C=O) groups excluding carboxylic acids is 2. The Bertz CT molecular complexity index is 713. The van der Waals surface area contributed by atoms with Crippen LogP contribution < -0.4 is 15.4 Å². The molecule has 0 spiro atoms. The van der Waals surface area contributed by atoms with Gasteiger partial charge in [-0.25, -0.2) is 8.42 Å². The predicted octanol–water partition coefficient (Wildman–Crippen LogP) is 0.992. The molecule has 132 valence electrons. The number of amides is 2. The maximum Gasteiger partial charge on any atom is 0.241 e. The molecule has 1 aromatic carbocycles. The van der Waals surface area contributed by atoms with Crippen LogP contribution in [0.3, 0.4) is 0 Å². The van der Waals surface area contributed by atoms with Crippen molar-refractivity contribution < 1.29 is 18.0 Å². The van der Waals surface area contributed by atoms with Crippen molar-refractivity contribution in [1.29, 1.82) is 0 Å². The molecule has 1 heterocycles. The lowest BCUT2D eigenvalue weighted by Crippen LogP contribution is -2.45. The van der Waals surface area contributed by atoms with Crippen molar-refractivity contribution >= 4 is 27.5 Å². The minimum atomic E-state index is -3.86. The van der Waals surface area contributed by atoms with Gasteiger partial charge in [0, 0.05) is 18.7 Å². The van der Waals surface area contributed by atoms with E-state index in [1.54, 1.807) is 17.0 Å². The number of anilines is 1. The van der Waals surface area contributed by atoms with E-state index in [0.29, 0.717) is 25.1 Å². The fourth-order valence-electron chi connectivity index (χ4n) is 2.68. The number of nitrogens with two attached hydrogens (primary N) is 1. The average molecular weight is 353 g/mol. The number of rotatable bonds is 7. The summed E-state index contributed by atoms with van der Waals surface area (Å²) >= 11 is 0. The highest BCUT2D eigenvalue weighted by molar-refractivity contribution is 7.89. The van der Waals surface area contributed by atoms with E-state index in [9.17, 15) is 18.0 Å². The first kappa shape index (κ1) is 18.4. The molecule has 0 radical (unpaired) electrons. The number of hydrogen-bond acceptors (Lipinski definition) is 4. The van der Waals surface area contributed by atoms with Crippen LogP contribution in [0.15, 0.2) is 29.2 Å². The molecule has 1 fully saturated rings. The van der Waals surface area contributed by atoms with E-state index in [2.05, 4.69) is 4.72 Å². The highest BCUT2D eigenvalue weighted by Gasteiger charge is 2.26. The standard InChI is InChI=1S/C16H23N3O4S/c1-11(2)10-14(16(17)21)18-24(22,23)13-7-5-12(6-8-13)19-9-3-4-15(19)20/h5-8,11,14,18H,3-4,9-10H2,1-2H3,(H2,17,21)/t14-/m0/s1. The number of hydrogen-bond donors (Lipinski definition) is 2. The summed E-state index contributed by atoms with van der Waals surface area (Å²) in [5.41, 5.74) is 5.95. The lowest BCUT2D eigenvalue weighted by Gasteiger charge is -2.18.